The van der Waals surface area contributed by atoms with Gasteiger partial charge in [0.2, 0.25) is 0 Å². The lowest BCUT2D eigenvalue weighted by Gasteiger charge is -2.25. The summed E-state index contributed by atoms with van der Waals surface area (Å²) in [6, 6.07) is 12.0. The average molecular weight is 444 g/mol. The summed E-state index contributed by atoms with van der Waals surface area (Å²) in [6.07, 6.45) is 6.90. The van der Waals surface area contributed by atoms with Crippen LogP contribution in [0.25, 0.3) is 11.3 Å². The molecule has 1 fully saturated rings. The molecule has 3 aromatic rings. The van der Waals surface area contributed by atoms with Gasteiger partial charge in [0.15, 0.2) is 0 Å². The van der Waals surface area contributed by atoms with E-state index in [9.17, 15) is 4.79 Å². The predicted octanol–water partition coefficient (Wildman–Crippen LogP) is 4.14. The maximum Gasteiger partial charge on any atom is 0.255 e. The Labute approximate surface area is 193 Å². The zero-order valence-corrected chi connectivity index (χ0v) is 18.6. The number of pyridine rings is 1. The van der Waals surface area contributed by atoms with E-state index in [1.807, 2.05) is 36.4 Å². The molecule has 33 heavy (non-hydrogen) atoms. The molecule has 1 aromatic carbocycles. The number of hydrogen-bond acceptors (Lipinski definition) is 5. The fourth-order valence-corrected chi connectivity index (χ4v) is 5.43. The SMILES string of the molecule is O=C1NC[C@H]2CCCN3CC[C@@H](COc4cnccc4-c4[nH]c2c1c4Nc1ccccc1)C3. The maximum absolute atomic E-state index is 13.1. The Morgan fingerprint density at radius 1 is 1.12 bits per heavy atom. The van der Waals surface area contributed by atoms with Crippen LogP contribution in [-0.4, -0.2) is 53.6 Å². The van der Waals surface area contributed by atoms with Gasteiger partial charge >= 0.3 is 0 Å². The lowest BCUT2D eigenvalue weighted by molar-refractivity contribution is 0.0939. The summed E-state index contributed by atoms with van der Waals surface area (Å²) >= 11 is 0. The molecule has 7 nitrogen and oxygen atoms in total. The molecule has 0 spiro atoms. The van der Waals surface area contributed by atoms with E-state index in [4.69, 9.17) is 4.74 Å². The van der Waals surface area contributed by atoms with Crippen LogP contribution in [0.5, 0.6) is 5.75 Å². The molecule has 6 rings (SSSR count). The van der Waals surface area contributed by atoms with Crippen LogP contribution in [0.1, 0.15) is 41.2 Å². The van der Waals surface area contributed by atoms with Crippen LogP contribution >= 0.6 is 0 Å². The largest absolute Gasteiger partial charge is 0.491 e. The van der Waals surface area contributed by atoms with Gasteiger partial charge in [-0.15, -0.1) is 0 Å². The number of hydrogen-bond donors (Lipinski definition) is 3. The number of H-pyrrole nitrogens is 1. The van der Waals surface area contributed by atoms with Gasteiger partial charge in [-0.05, 0) is 50.6 Å². The highest BCUT2D eigenvalue weighted by Crippen LogP contribution is 2.43. The number of benzene rings is 1. The first kappa shape index (κ1) is 20.3. The van der Waals surface area contributed by atoms with Gasteiger partial charge in [0.25, 0.3) is 5.91 Å². The minimum Gasteiger partial charge on any atom is -0.491 e. The Morgan fingerprint density at radius 3 is 2.94 bits per heavy atom. The number of aromatic amines is 1. The van der Waals surface area contributed by atoms with E-state index in [1.54, 1.807) is 12.4 Å². The molecule has 1 amide bonds. The third-order valence-electron chi connectivity index (χ3n) is 7.14. The number of para-hydroxylation sites is 1. The van der Waals surface area contributed by atoms with E-state index < -0.39 is 0 Å². The summed E-state index contributed by atoms with van der Waals surface area (Å²) in [5.74, 6) is 1.51. The van der Waals surface area contributed by atoms with Crippen molar-refractivity contribution in [3.63, 3.8) is 0 Å². The number of carbonyl (C=O) groups excluding carboxylic acids is 1. The topological polar surface area (TPSA) is 82.3 Å². The molecule has 7 heteroatoms. The van der Waals surface area contributed by atoms with Crippen molar-refractivity contribution in [1.29, 1.82) is 0 Å². The van der Waals surface area contributed by atoms with E-state index >= 15 is 0 Å². The number of anilines is 2. The number of ether oxygens (including phenoxy) is 1. The second-order valence-corrected chi connectivity index (χ2v) is 9.34. The van der Waals surface area contributed by atoms with E-state index in [1.165, 1.54) is 6.42 Å². The Bertz CT molecular complexity index is 1160. The highest BCUT2D eigenvalue weighted by Gasteiger charge is 2.34. The lowest BCUT2D eigenvalue weighted by Crippen LogP contribution is -2.35. The van der Waals surface area contributed by atoms with Crippen LogP contribution in [-0.2, 0) is 0 Å². The summed E-state index contributed by atoms with van der Waals surface area (Å²) in [7, 11) is 0. The third kappa shape index (κ3) is 3.86. The summed E-state index contributed by atoms with van der Waals surface area (Å²) in [6.45, 7) is 4.67. The van der Waals surface area contributed by atoms with Gasteiger partial charge in [0, 0.05) is 48.1 Å². The molecule has 3 N–H and O–H groups in total. The van der Waals surface area contributed by atoms with E-state index in [-0.39, 0.29) is 11.8 Å². The number of fused-ring (bicyclic) bond motifs is 5. The molecule has 0 radical (unpaired) electrons. The smallest absolute Gasteiger partial charge is 0.255 e. The molecule has 0 aliphatic carbocycles. The standard InChI is InChI=1S/C26H29N5O2/c32-26-22-23-18(13-28-26)5-4-11-31-12-9-17(15-31)16-33-21-14-27-10-8-20(21)24(30-23)25(22)29-19-6-2-1-3-7-19/h1-3,6-8,10,14,17-18,29-30H,4-5,9,11-13,15-16H2,(H,28,32)/t17-,18-/m1/s1. The summed E-state index contributed by atoms with van der Waals surface area (Å²) in [4.78, 5) is 23.7. The van der Waals surface area contributed by atoms with Gasteiger partial charge in [-0.25, -0.2) is 0 Å². The van der Waals surface area contributed by atoms with Crippen molar-refractivity contribution in [2.24, 2.45) is 5.92 Å². The zero-order valence-electron chi connectivity index (χ0n) is 18.6. The third-order valence-corrected chi connectivity index (χ3v) is 7.14. The molecule has 3 atom stereocenters. The molecule has 3 aliphatic rings. The molecular weight excluding hydrogens is 414 g/mol. The Morgan fingerprint density at radius 2 is 2.03 bits per heavy atom. The quantitative estimate of drug-likeness (QED) is 0.555. The van der Waals surface area contributed by atoms with E-state index in [2.05, 4.69) is 25.5 Å². The first-order valence-electron chi connectivity index (χ1n) is 11.9. The van der Waals surface area contributed by atoms with Crippen molar-refractivity contribution in [1.82, 2.24) is 20.2 Å². The Balaban J connectivity index is 1.50. The molecule has 1 unspecified atom stereocenters. The molecule has 3 aliphatic heterocycles. The highest BCUT2D eigenvalue weighted by atomic mass is 16.5. The minimum absolute atomic E-state index is 0.0363. The lowest BCUT2D eigenvalue weighted by atomic mass is 9.92. The number of carbonyl (C=O) groups is 1. The van der Waals surface area contributed by atoms with Gasteiger partial charge in [0.1, 0.15) is 5.75 Å². The molecule has 2 aromatic heterocycles. The summed E-state index contributed by atoms with van der Waals surface area (Å²) in [5, 5.41) is 6.67. The van der Waals surface area contributed by atoms with Gasteiger partial charge in [-0.3, -0.25) is 9.78 Å². The van der Waals surface area contributed by atoms with Crippen molar-refractivity contribution in [2.75, 3.05) is 38.1 Å². The van der Waals surface area contributed by atoms with Crippen LogP contribution in [0.4, 0.5) is 11.4 Å². The summed E-state index contributed by atoms with van der Waals surface area (Å²) in [5.41, 5.74) is 5.28. The van der Waals surface area contributed by atoms with Gasteiger partial charge in [-0.1, -0.05) is 18.2 Å². The minimum atomic E-state index is -0.0363. The van der Waals surface area contributed by atoms with Gasteiger partial charge in [0.05, 0.1) is 29.7 Å². The van der Waals surface area contributed by atoms with Crippen LogP contribution in [0.15, 0.2) is 48.8 Å². The van der Waals surface area contributed by atoms with Crippen molar-refractivity contribution >= 4 is 17.3 Å². The fraction of sp³-hybridized carbons (Fsp3) is 0.385. The van der Waals surface area contributed by atoms with Crippen LogP contribution < -0.4 is 15.4 Å². The van der Waals surface area contributed by atoms with Gasteiger partial charge < -0.3 is 25.3 Å². The van der Waals surface area contributed by atoms with E-state index in [0.717, 1.165) is 66.6 Å². The molecule has 0 saturated carbocycles. The fourth-order valence-electron chi connectivity index (χ4n) is 5.43. The Hall–Kier alpha value is -3.32. The van der Waals surface area contributed by atoms with Crippen LogP contribution in [0, 0.1) is 5.92 Å². The number of rotatable bonds is 2. The number of nitrogens with one attached hydrogen (secondary N) is 3. The first-order chi connectivity index (χ1) is 16.3. The molecule has 170 valence electrons. The monoisotopic (exact) mass is 443 g/mol. The second kappa shape index (κ2) is 8.56. The van der Waals surface area contributed by atoms with Crippen molar-refractivity contribution in [3.05, 3.63) is 60.0 Å². The van der Waals surface area contributed by atoms with Crippen molar-refractivity contribution in [3.8, 4) is 17.0 Å². The summed E-state index contributed by atoms with van der Waals surface area (Å²) < 4.78 is 6.34. The molecule has 1 saturated heterocycles. The number of nitrogens with zero attached hydrogens (tertiary/aromatic N) is 2. The van der Waals surface area contributed by atoms with Crippen LogP contribution in [0.2, 0.25) is 0 Å². The normalized spacial score (nSPS) is 24.2. The second-order valence-electron chi connectivity index (χ2n) is 9.34. The zero-order chi connectivity index (χ0) is 22.2. The predicted molar refractivity (Wildman–Crippen MR) is 128 cm³/mol. The number of aromatic nitrogens is 2. The molecule has 5 heterocycles. The highest BCUT2D eigenvalue weighted by molar-refractivity contribution is 6.06. The molecular formula is C26H29N5O2. The number of amides is 1. The van der Waals surface area contributed by atoms with E-state index in [0.29, 0.717) is 24.6 Å². The molecule has 4 bridgehead atoms. The Kier molecular flexibility index (Phi) is 5.26. The van der Waals surface area contributed by atoms with Crippen molar-refractivity contribution in [2.45, 2.75) is 25.2 Å². The maximum atomic E-state index is 13.1. The van der Waals surface area contributed by atoms with Crippen LogP contribution in [0.3, 0.4) is 0 Å². The first-order valence-corrected chi connectivity index (χ1v) is 11.9. The average Bonchev–Trinajstić information content (AvgIpc) is 3.45. The van der Waals surface area contributed by atoms with Crippen molar-refractivity contribution < 1.29 is 9.53 Å². The van der Waals surface area contributed by atoms with Gasteiger partial charge in [-0.2, -0.15) is 0 Å².